The quantitative estimate of drug-likeness (QED) is 0.196. The number of benzene rings is 7. The molecule has 49 heavy (non-hydrogen) atoms. The molecule has 0 saturated carbocycles. The van der Waals surface area contributed by atoms with Crippen LogP contribution in [0.5, 0.6) is 0 Å². The van der Waals surface area contributed by atoms with E-state index in [1.165, 1.54) is 32.3 Å². The fraction of sp³-hybridized carbons (Fsp3) is 0. The number of para-hydroxylation sites is 1. The van der Waals surface area contributed by atoms with Gasteiger partial charge >= 0.3 is 0 Å². The van der Waals surface area contributed by atoms with Crippen LogP contribution in [-0.4, -0.2) is 19.5 Å². The molecule has 0 fully saturated rings. The fourth-order valence-electron chi connectivity index (χ4n) is 7.38. The van der Waals surface area contributed by atoms with Crippen LogP contribution in [0.1, 0.15) is 0 Å². The molecule has 4 heteroatoms. The molecule has 0 aliphatic carbocycles. The number of hydrogen-bond donors (Lipinski definition) is 0. The normalized spacial score (nSPS) is 11.7. The zero-order valence-electron chi connectivity index (χ0n) is 26.5. The van der Waals surface area contributed by atoms with Crippen molar-refractivity contribution in [2.75, 3.05) is 0 Å². The van der Waals surface area contributed by atoms with Gasteiger partial charge in [-0.05, 0) is 51.9 Å². The van der Waals surface area contributed by atoms with Crippen molar-refractivity contribution in [3.8, 4) is 39.5 Å². The van der Waals surface area contributed by atoms with Crippen molar-refractivity contribution in [3.05, 3.63) is 170 Å². The first kappa shape index (κ1) is 27.5. The standard InChI is InChI=1S/C45H28N4/c1-3-14-31(15-4-1)43-44(32-16-5-2-6-17-32)48-45-36(20-11-21-37(45)47-43)33-24-27-40(46-28-33)49-38-25-22-29-12-7-9-18-34(29)41(38)42-35-19-10-8-13-30(35)23-26-39(42)49/h1-28H. The summed E-state index contributed by atoms with van der Waals surface area (Å²) < 4.78 is 2.30. The fourth-order valence-corrected chi connectivity index (χ4v) is 7.38. The van der Waals surface area contributed by atoms with E-state index in [-0.39, 0.29) is 0 Å². The van der Waals surface area contributed by atoms with E-state index >= 15 is 0 Å². The van der Waals surface area contributed by atoms with Gasteiger partial charge in [0.25, 0.3) is 0 Å². The zero-order chi connectivity index (χ0) is 32.3. The monoisotopic (exact) mass is 624 g/mol. The molecule has 228 valence electrons. The molecular weight excluding hydrogens is 597 g/mol. The summed E-state index contributed by atoms with van der Waals surface area (Å²) >= 11 is 0. The van der Waals surface area contributed by atoms with Gasteiger partial charge in [0, 0.05) is 39.2 Å². The van der Waals surface area contributed by atoms with E-state index in [0.717, 1.165) is 61.5 Å². The maximum atomic E-state index is 5.31. The zero-order valence-corrected chi connectivity index (χ0v) is 26.5. The summed E-state index contributed by atoms with van der Waals surface area (Å²) in [6, 6.07) is 57.3. The van der Waals surface area contributed by atoms with Crippen LogP contribution < -0.4 is 0 Å². The average Bonchev–Trinajstić information content (AvgIpc) is 3.53. The van der Waals surface area contributed by atoms with Crippen LogP contribution in [0.3, 0.4) is 0 Å². The smallest absolute Gasteiger partial charge is 0.137 e. The maximum Gasteiger partial charge on any atom is 0.137 e. The van der Waals surface area contributed by atoms with Crippen LogP contribution in [0, 0.1) is 0 Å². The van der Waals surface area contributed by atoms with E-state index in [2.05, 4.69) is 126 Å². The molecule has 0 saturated heterocycles. The van der Waals surface area contributed by atoms with Gasteiger partial charge in [-0.25, -0.2) is 15.0 Å². The van der Waals surface area contributed by atoms with Gasteiger partial charge in [-0.1, -0.05) is 133 Å². The van der Waals surface area contributed by atoms with Crippen molar-refractivity contribution in [2.24, 2.45) is 0 Å². The van der Waals surface area contributed by atoms with E-state index in [4.69, 9.17) is 15.0 Å². The third-order valence-corrected chi connectivity index (χ3v) is 9.62. The second-order valence-corrected chi connectivity index (χ2v) is 12.4. The molecule has 0 unspecified atom stereocenters. The third-order valence-electron chi connectivity index (χ3n) is 9.62. The Hall–Kier alpha value is -6.65. The molecule has 0 aliphatic rings. The van der Waals surface area contributed by atoms with E-state index in [1.54, 1.807) is 0 Å². The third kappa shape index (κ3) is 4.35. The van der Waals surface area contributed by atoms with Crippen LogP contribution in [0.2, 0.25) is 0 Å². The Balaban J connectivity index is 1.17. The molecule has 7 aromatic carbocycles. The Morgan fingerprint density at radius 1 is 0.408 bits per heavy atom. The summed E-state index contributed by atoms with van der Waals surface area (Å²) in [4.78, 5) is 15.6. The first-order chi connectivity index (χ1) is 24.3. The van der Waals surface area contributed by atoms with Crippen LogP contribution in [-0.2, 0) is 0 Å². The summed E-state index contributed by atoms with van der Waals surface area (Å²) in [5.74, 6) is 0.872. The summed E-state index contributed by atoms with van der Waals surface area (Å²) in [5, 5.41) is 7.45. The van der Waals surface area contributed by atoms with Crippen molar-refractivity contribution in [2.45, 2.75) is 0 Å². The van der Waals surface area contributed by atoms with Crippen molar-refractivity contribution >= 4 is 54.4 Å². The molecular formula is C45H28N4. The van der Waals surface area contributed by atoms with Crippen molar-refractivity contribution in [1.82, 2.24) is 19.5 Å². The highest BCUT2D eigenvalue weighted by atomic mass is 15.1. The highest BCUT2D eigenvalue weighted by molar-refractivity contribution is 6.28. The van der Waals surface area contributed by atoms with Crippen molar-refractivity contribution < 1.29 is 0 Å². The predicted molar refractivity (Wildman–Crippen MR) is 203 cm³/mol. The SMILES string of the molecule is c1ccc(-c2nc3cccc(-c4ccc(-n5c6ccc7ccccc7c6c6c7ccccc7ccc65)nc4)c3nc2-c2ccccc2)cc1. The highest BCUT2D eigenvalue weighted by Crippen LogP contribution is 2.41. The second-order valence-electron chi connectivity index (χ2n) is 12.4. The van der Waals surface area contributed by atoms with Gasteiger partial charge in [-0.2, -0.15) is 0 Å². The van der Waals surface area contributed by atoms with Crippen LogP contribution >= 0.6 is 0 Å². The number of fused-ring (bicyclic) bond motifs is 8. The lowest BCUT2D eigenvalue weighted by Crippen LogP contribution is -1.99. The number of hydrogen-bond acceptors (Lipinski definition) is 3. The number of nitrogens with zero attached hydrogens (tertiary/aromatic N) is 4. The van der Waals surface area contributed by atoms with Gasteiger partial charge in [0.2, 0.25) is 0 Å². The van der Waals surface area contributed by atoms with Crippen LogP contribution in [0.15, 0.2) is 170 Å². The minimum absolute atomic E-state index is 0.848. The lowest BCUT2D eigenvalue weighted by atomic mass is 10.00. The topological polar surface area (TPSA) is 43.6 Å². The van der Waals surface area contributed by atoms with Gasteiger partial charge in [0.15, 0.2) is 0 Å². The van der Waals surface area contributed by atoms with Crippen LogP contribution in [0.25, 0.3) is 93.8 Å². The van der Waals surface area contributed by atoms with Gasteiger partial charge in [-0.15, -0.1) is 0 Å². The Labute approximate surface area is 282 Å². The molecule has 0 spiro atoms. The molecule has 4 nitrogen and oxygen atoms in total. The molecule has 0 amide bonds. The first-order valence-corrected chi connectivity index (χ1v) is 16.5. The Kier molecular flexibility index (Phi) is 6.15. The predicted octanol–water partition coefficient (Wildman–Crippen LogP) is 11.4. The van der Waals surface area contributed by atoms with Crippen LogP contribution in [0.4, 0.5) is 0 Å². The molecule has 10 rings (SSSR count). The Morgan fingerprint density at radius 3 is 1.57 bits per heavy atom. The van der Waals surface area contributed by atoms with Crippen molar-refractivity contribution in [1.29, 1.82) is 0 Å². The summed E-state index contributed by atoms with van der Waals surface area (Å²) in [6.07, 6.45) is 1.97. The summed E-state index contributed by atoms with van der Waals surface area (Å²) in [7, 11) is 0. The highest BCUT2D eigenvalue weighted by Gasteiger charge is 2.19. The molecule has 0 radical (unpaired) electrons. The first-order valence-electron chi connectivity index (χ1n) is 16.5. The minimum Gasteiger partial charge on any atom is -0.294 e. The van der Waals surface area contributed by atoms with Gasteiger partial charge in [0.05, 0.1) is 33.5 Å². The second kappa shape index (κ2) is 11.0. The molecule has 0 atom stereocenters. The van der Waals surface area contributed by atoms with Gasteiger partial charge in [0.1, 0.15) is 5.82 Å². The van der Waals surface area contributed by atoms with E-state index < -0.39 is 0 Å². The van der Waals surface area contributed by atoms with E-state index in [1.807, 2.05) is 48.7 Å². The molecule has 0 bridgehead atoms. The van der Waals surface area contributed by atoms with Crippen molar-refractivity contribution in [3.63, 3.8) is 0 Å². The van der Waals surface area contributed by atoms with Gasteiger partial charge < -0.3 is 0 Å². The van der Waals surface area contributed by atoms with Gasteiger partial charge in [-0.3, -0.25) is 4.57 Å². The molecule has 3 aromatic heterocycles. The Morgan fingerprint density at radius 2 is 0.980 bits per heavy atom. The molecule has 10 aromatic rings. The maximum absolute atomic E-state index is 5.31. The summed E-state index contributed by atoms with van der Waals surface area (Å²) in [5.41, 5.74) is 9.78. The Bertz CT molecular complexity index is 2760. The lowest BCUT2D eigenvalue weighted by molar-refractivity contribution is 1.08. The minimum atomic E-state index is 0.848. The molecule has 0 aliphatic heterocycles. The summed E-state index contributed by atoms with van der Waals surface area (Å²) in [6.45, 7) is 0. The largest absolute Gasteiger partial charge is 0.294 e. The van der Waals surface area contributed by atoms with E-state index in [0.29, 0.717) is 0 Å². The lowest BCUT2D eigenvalue weighted by Gasteiger charge is -2.13. The van der Waals surface area contributed by atoms with E-state index in [9.17, 15) is 0 Å². The number of rotatable bonds is 4. The number of pyridine rings is 1. The number of aromatic nitrogens is 4. The molecule has 0 N–H and O–H groups in total. The average molecular weight is 625 g/mol. The molecule has 3 heterocycles.